The summed E-state index contributed by atoms with van der Waals surface area (Å²) >= 11 is 6.49. The molecule has 0 spiro atoms. The van der Waals surface area contributed by atoms with Gasteiger partial charge < -0.3 is 15.0 Å². The Morgan fingerprint density at radius 2 is 1.62 bits per heavy atom. The van der Waals surface area contributed by atoms with Crippen LogP contribution >= 0.6 is 11.6 Å². The number of halogens is 1. The van der Waals surface area contributed by atoms with Crippen LogP contribution in [0.25, 0.3) is 0 Å². The van der Waals surface area contributed by atoms with E-state index in [4.69, 9.17) is 16.3 Å². The third-order valence-corrected chi connectivity index (χ3v) is 8.65. The van der Waals surface area contributed by atoms with Crippen molar-refractivity contribution in [1.29, 1.82) is 0 Å². The van der Waals surface area contributed by atoms with Crippen molar-refractivity contribution in [1.82, 2.24) is 10.2 Å². The summed E-state index contributed by atoms with van der Waals surface area (Å²) in [5.74, 6) is 0.0978. The van der Waals surface area contributed by atoms with Gasteiger partial charge in [0.1, 0.15) is 11.8 Å². The summed E-state index contributed by atoms with van der Waals surface area (Å²) in [5, 5.41) is 3.55. The van der Waals surface area contributed by atoms with Gasteiger partial charge in [0.15, 0.2) is 0 Å². The third-order valence-electron chi connectivity index (χ3n) is 7.08. The van der Waals surface area contributed by atoms with Gasteiger partial charge in [-0.2, -0.15) is 0 Å². The van der Waals surface area contributed by atoms with Crippen LogP contribution in [0.4, 0.5) is 5.69 Å². The Hall–Kier alpha value is -3.56. The van der Waals surface area contributed by atoms with Gasteiger partial charge in [0.2, 0.25) is 21.8 Å². The highest BCUT2D eigenvalue weighted by atomic mass is 35.5. The summed E-state index contributed by atoms with van der Waals surface area (Å²) in [6, 6.07) is 22.7. The minimum atomic E-state index is -3.61. The van der Waals surface area contributed by atoms with Crippen LogP contribution in [0, 0.1) is 0 Å². The molecule has 3 aromatic carbocycles. The lowest BCUT2D eigenvalue weighted by Gasteiger charge is -2.33. The van der Waals surface area contributed by atoms with Crippen molar-refractivity contribution in [3.63, 3.8) is 0 Å². The van der Waals surface area contributed by atoms with E-state index in [0.29, 0.717) is 22.9 Å². The number of hydrogen-bond donors (Lipinski definition) is 1. The molecule has 3 aromatic rings. The number of ether oxygens (including phenoxy) is 1. The van der Waals surface area contributed by atoms with Crippen molar-refractivity contribution in [3.05, 3.63) is 95.0 Å². The summed E-state index contributed by atoms with van der Waals surface area (Å²) in [4.78, 5) is 29.1. The van der Waals surface area contributed by atoms with Crippen LogP contribution in [-0.4, -0.2) is 57.1 Å². The number of hydrogen-bond acceptors (Lipinski definition) is 5. The number of nitrogens with one attached hydrogen (secondary N) is 1. The Morgan fingerprint density at radius 1 is 0.976 bits per heavy atom. The summed E-state index contributed by atoms with van der Waals surface area (Å²) in [6.45, 7) is 4.15. The Labute approximate surface area is 254 Å². The molecule has 1 N–H and O–H groups in total. The lowest BCUT2D eigenvalue weighted by Crippen LogP contribution is -2.52. The van der Waals surface area contributed by atoms with Crippen LogP contribution < -0.4 is 14.4 Å². The molecule has 0 aliphatic heterocycles. The average molecular weight is 614 g/mol. The minimum Gasteiger partial charge on any atom is -0.497 e. The van der Waals surface area contributed by atoms with E-state index in [2.05, 4.69) is 5.32 Å². The van der Waals surface area contributed by atoms with Gasteiger partial charge in [-0.15, -0.1) is 0 Å². The summed E-state index contributed by atoms with van der Waals surface area (Å²) in [7, 11) is -2.07. The summed E-state index contributed by atoms with van der Waals surface area (Å²) < 4.78 is 31.7. The van der Waals surface area contributed by atoms with Gasteiger partial charge >= 0.3 is 0 Å². The first kappa shape index (κ1) is 32.9. The zero-order chi connectivity index (χ0) is 30.7. The Kier molecular flexibility index (Phi) is 12.2. The molecule has 226 valence electrons. The van der Waals surface area contributed by atoms with Crippen molar-refractivity contribution in [2.24, 2.45) is 0 Å². The van der Waals surface area contributed by atoms with Crippen molar-refractivity contribution < 1.29 is 22.7 Å². The van der Waals surface area contributed by atoms with Crippen molar-refractivity contribution in [3.8, 4) is 5.75 Å². The molecule has 0 heterocycles. The van der Waals surface area contributed by atoms with Crippen LogP contribution in [0.3, 0.4) is 0 Å². The number of sulfonamides is 1. The predicted molar refractivity (Wildman–Crippen MR) is 168 cm³/mol. The molecular weight excluding hydrogens is 574 g/mol. The van der Waals surface area contributed by atoms with Gasteiger partial charge in [0.05, 0.1) is 19.1 Å². The third kappa shape index (κ3) is 9.49. The molecule has 2 atom stereocenters. The van der Waals surface area contributed by atoms with E-state index in [0.717, 1.165) is 23.8 Å². The van der Waals surface area contributed by atoms with E-state index in [-0.39, 0.29) is 43.8 Å². The molecule has 10 heteroatoms. The number of carbonyl (C=O) groups is 2. The van der Waals surface area contributed by atoms with E-state index in [9.17, 15) is 18.0 Å². The van der Waals surface area contributed by atoms with Gasteiger partial charge in [-0.3, -0.25) is 13.9 Å². The molecule has 0 radical (unpaired) electrons. The minimum absolute atomic E-state index is 0.0362. The van der Waals surface area contributed by atoms with Crippen LogP contribution in [0.15, 0.2) is 78.9 Å². The molecule has 0 aliphatic rings. The van der Waals surface area contributed by atoms with Crippen LogP contribution in [-0.2, 0) is 32.6 Å². The number of carbonyl (C=O) groups excluding carboxylic acids is 2. The largest absolute Gasteiger partial charge is 0.497 e. The highest BCUT2D eigenvalue weighted by molar-refractivity contribution is 7.92. The van der Waals surface area contributed by atoms with E-state index < -0.39 is 16.1 Å². The molecule has 0 saturated heterocycles. The van der Waals surface area contributed by atoms with Gasteiger partial charge in [-0.25, -0.2) is 8.42 Å². The fraction of sp³-hybridized carbons (Fsp3) is 0.375. The normalized spacial score (nSPS) is 12.7. The number of nitrogens with zero attached hydrogens (tertiary/aromatic N) is 2. The zero-order valence-corrected chi connectivity index (χ0v) is 26.2. The van der Waals surface area contributed by atoms with Crippen LogP contribution in [0.5, 0.6) is 5.75 Å². The van der Waals surface area contributed by atoms with Crippen LogP contribution in [0.2, 0.25) is 5.02 Å². The van der Waals surface area contributed by atoms with E-state index >= 15 is 0 Å². The molecule has 42 heavy (non-hydrogen) atoms. The maximum Gasteiger partial charge on any atom is 0.243 e. The zero-order valence-electron chi connectivity index (χ0n) is 24.6. The first-order valence-electron chi connectivity index (χ1n) is 14.0. The lowest BCUT2D eigenvalue weighted by atomic mass is 10.0. The van der Waals surface area contributed by atoms with Gasteiger partial charge in [-0.1, -0.05) is 67.1 Å². The van der Waals surface area contributed by atoms with E-state index in [1.165, 1.54) is 11.4 Å². The number of anilines is 1. The molecule has 3 rings (SSSR count). The van der Waals surface area contributed by atoms with Crippen molar-refractivity contribution in [2.75, 3.05) is 24.2 Å². The quantitative estimate of drug-likeness (QED) is 0.246. The number of rotatable bonds is 15. The van der Waals surface area contributed by atoms with Gasteiger partial charge in [0, 0.05) is 37.0 Å². The fourth-order valence-corrected chi connectivity index (χ4v) is 5.72. The fourth-order valence-electron chi connectivity index (χ4n) is 4.56. The van der Waals surface area contributed by atoms with E-state index in [1.54, 1.807) is 35.2 Å². The molecule has 0 fully saturated rings. The molecular formula is C32H40ClN3O5S. The maximum absolute atomic E-state index is 13.9. The molecule has 0 bridgehead atoms. The SMILES string of the molecule is CC[C@@H](C)NC(=O)[C@@H](Cc1ccccc1)N(Cc1ccccc1Cl)C(=O)CCCN(c1ccc(OC)cc1)S(C)(=O)=O. The lowest BCUT2D eigenvalue weighted by molar-refractivity contribution is -0.141. The molecule has 2 amide bonds. The standard InChI is InChI=1S/C32H40ClN3O5S/c1-5-24(2)34-32(38)30(22-25-12-7-6-8-13-25)35(23-26-14-9-10-15-29(26)33)31(37)16-11-21-36(42(4,39)40)27-17-19-28(41-3)20-18-27/h6-10,12-15,17-20,24,30H,5,11,16,21-23H2,1-4H3,(H,34,38)/t24-,30-/m1/s1. The average Bonchev–Trinajstić information content (AvgIpc) is 2.97. The second kappa shape index (κ2) is 15.6. The summed E-state index contributed by atoms with van der Waals surface area (Å²) in [6.07, 6.45) is 2.49. The Balaban J connectivity index is 1.89. The summed E-state index contributed by atoms with van der Waals surface area (Å²) in [5.41, 5.74) is 2.12. The molecule has 0 unspecified atom stereocenters. The maximum atomic E-state index is 13.9. The molecule has 8 nitrogen and oxygen atoms in total. The topological polar surface area (TPSA) is 96.0 Å². The number of methoxy groups -OCH3 is 1. The monoisotopic (exact) mass is 613 g/mol. The van der Waals surface area contributed by atoms with Gasteiger partial charge in [0.25, 0.3) is 0 Å². The second-order valence-electron chi connectivity index (χ2n) is 10.3. The smallest absolute Gasteiger partial charge is 0.243 e. The Bertz CT molecular complexity index is 1420. The van der Waals surface area contributed by atoms with Crippen LogP contribution in [0.1, 0.15) is 44.2 Å². The first-order valence-corrected chi connectivity index (χ1v) is 16.2. The highest BCUT2D eigenvalue weighted by Crippen LogP contribution is 2.24. The van der Waals surface area contributed by atoms with Crippen molar-refractivity contribution >= 4 is 39.1 Å². The predicted octanol–water partition coefficient (Wildman–Crippen LogP) is 5.45. The number of benzene rings is 3. The van der Waals surface area contributed by atoms with Crippen molar-refractivity contribution in [2.45, 2.75) is 58.2 Å². The second-order valence-corrected chi connectivity index (χ2v) is 12.6. The molecule has 0 aromatic heterocycles. The first-order chi connectivity index (χ1) is 20.0. The Morgan fingerprint density at radius 3 is 2.21 bits per heavy atom. The molecule has 0 aliphatic carbocycles. The molecule has 0 saturated carbocycles. The number of amides is 2. The van der Waals surface area contributed by atoms with Gasteiger partial charge in [-0.05, 0) is 61.2 Å². The van der Waals surface area contributed by atoms with E-state index in [1.807, 2.05) is 62.4 Å². The highest BCUT2D eigenvalue weighted by Gasteiger charge is 2.31.